The summed E-state index contributed by atoms with van der Waals surface area (Å²) in [5.74, 6) is 0.782. The molecule has 1 atom stereocenters. The average molecular weight is 288 g/mol. The number of aliphatic hydroxyl groups is 1. The van der Waals surface area contributed by atoms with Crippen LogP contribution in [0.3, 0.4) is 0 Å². The fraction of sp³-hybridized carbons (Fsp3) is 0.625. The molecule has 0 bridgehead atoms. The summed E-state index contributed by atoms with van der Waals surface area (Å²) in [7, 11) is 0. The number of hydrogen-bond acceptors (Lipinski definition) is 4. The van der Waals surface area contributed by atoms with Crippen molar-refractivity contribution in [2.45, 2.75) is 40.2 Å². The van der Waals surface area contributed by atoms with E-state index in [0.29, 0.717) is 0 Å². The number of likely N-dealkylation sites (tertiary alicyclic amines) is 1. The molecule has 5 nitrogen and oxygen atoms in total. The fourth-order valence-electron chi connectivity index (χ4n) is 3.31. The molecule has 0 amide bonds. The van der Waals surface area contributed by atoms with Gasteiger partial charge in [0.2, 0.25) is 5.78 Å². The van der Waals surface area contributed by atoms with E-state index in [0.717, 1.165) is 55.3 Å². The van der Waals surface area contributed by atoms with Gasteiger partial charge in [-0.15, -0.1) is 0 Å². The van der Waals surface area contributed by atoms with Crippen LogP contribution in [0.25, 0.3) is 5.78 Å². The second kappa shape index (κ2) is 5.39. The van der Waals surface area contributed by atoms with E-state index in [4.69, 9.17) is 0 Å². The molecule has 0 spiro atoms. The second-order valence-electron chi connectivity index (χ2n) is 6.72. The number of hydrogen-bond donors (Lipinski definition) is 1. The number of aromatic nitrogens is 3. The van der Waals surface area contributed by atoms with Crippen LogP contribution in [0, 0.1) is 19.3 Å². The van der Waals surface area contributed by atoms with E-state index in [1.54, 1.807) is 0 Å². The van der Waals surface area contributed by atoms with E-state index in [1.165, 1.54) is 0 Å². The van der Waals surface area contributed by atoms with Crippen molar-refractivity contribution < 1.29 is 5.11 Å². The standard InChI is InChI=1S/C16H24N4O/c1-12-7-13(2)20-9-14(18-15(20)17-12)8-19-6-4-5-16(3,10-19)11-21/h7,9,21H,4-6,8,10-11H2,1-3H3. The van der Waals surface area contributed by atoms with E-state index in [9.17, 15) is 5.11 Å². The van der Waals surface area contributed by atoms with Crippen molar-refractivity contribution in [3.05, 3.63) is 29.3 Å². The fourth-order valence-corrected chi connectivity index (χ4v) is 3.31. The van der Waals surface area contributed by atoms with Crippen LogP contribution in [0.5, 0.6) is 0 Å². The quantitative estimate of drug-likeness (QED) is 0.938. The number of aryl methyl sites for hydroxylation is 2. The topological polar surface area (TPSA) is 53.7 Å². The summed E-state index contributed by atoms with van der Waals surface area (Å²) in [6.45, 7) is 9.34. The smallest absolute Gasteiger partial charge is 0.234 e. The van der Waals surface area contributed by atoms with Crippen molar-refractivity contribution in [2.24, 2.45) is 5.41 Å². The highest BCUT2D eigenvalue weighted by Crippen LogP contribution is 2.29. The number of piperidine rings is 1. The van der Waals surface area contributed by atoms with Gasteiger partial charge in [-0.1, -0.05) is 6.92 Å². The van der Waals surface area contributed by atoms with Crippen LogP contribution >= 0.6 is 0 Å². The first kappa shape index (κ1) is 14.5. The Balaban J connectivity index is 1.80. The maximum Gasteiger partial charge on any atom is 0.234 e. The molecular weight excluding hydrogens is 264 g/mol. The van der Waals surface area contributed by atoms with Gasteiger partial charge < -0.3 is 5.11 Å². The van der Waals surface area contributed by atoms with Gasteiger partial charge in [0.1, 0.15) is 0 Å². The maximum absolute atomic E-state index is 9.56. The Kier molecular flexibility index (Phi) is 3.71. The molecule has 1 aliphatic rings. The summed E-state index contributed by atoms with van der Waals surface area (Å²) in [5.41, 5.74) is 3.25. The van der Waals surface area contributed by atoms with Gasteiger partial charge in [0, 0.05) is 42.7 Å². The van der Waals surface area contributed by atoms with Gasteiger partial charge in [0.25, 0.3) is 0 Å². The van der Waals surface area contributed by atoms with Crippen molar-refractivity contribution in [1.82, 2.24) is 19.3 Å². The van der Waals surface area contributed by atoms with Gasteiger partial charge in [0.15, 0.2) is 0 Å². The Morgan fingerprint density at radius 3 is 2.90 bits per heavy atom. The van der Waals surface area contributed by atoms with E-state index in [2.05, 4.69) is 45.4 Å². The van der Waals surface area contributed by atoms with Crippen LogP contribution in [0.1, 0.15) is 36.8 Å². The number of rotatable bonds is 3. The van der Waals surface area contributed by atoms with E-state index in [1.807, 2.05) is 6.92 Å². The molecule has 0 radical (unpaired) electrons. The molecule has 2 aromatic heterocycles. The van der Waals surface area contributed by atoms with Gasteiger partial charge in [-0.25, -0.2) is 9.97 Å². The molecule has 1 aliphatic heterocycles. The molecule has 5 heteroatoms. The Bertz CT molecular complexity index is 651. The predicted octanol–water partition coefficient (Wildman–Crippen LogP) is 1.94. The molecule has 1 fully saturated rings. The monoisotopic (exact) mass is 288 g/mol. The molecule has 0 saturated carbocycles. The minimum atomic E-state index is 0.0299. The molecule has 1 unspecified atom stereocenters. The Morgan fingerprint density at radius 2 is 2.14 bits per heavy atom. The third-order valence-electron chi connectivity index (χ3n) is 4.44. The first-order valence-electron chi connectivity index (χ1n) is 7.64. The van der Waals surface area contributed by atoms with Crippen LogP contribution in [-0.2, 0) is 6.54 Å². The lowest BCUT2D eigenvalue weighted by atomic mass is 9.83. The maximum atomic E-state index is 9.56. The molecule has 21 heavy (non-hydrogen) atoms. The van der Waals surface area contributed by atoms with Gasteiger partial charge in [0.05, 0.1) is 5.69 Å². The Morgan fingerprint density at radius 1 is 1.33 bits per heavy atom. The average Bonchev–Trinajstić information content (AvgIpc) is 2.81. The van der Waals surface area contributed by atoms with Crippen LogP contribution in [-0.4, -0.2) is 44.1 Å². The van der Waals surface area contributed by atoms with E-state index >= 15 is 0 Å². The summed E-state index contributed by atoms with van der Waals surface area (Å²) in [4.78, 5) is 11.5. The Labute approximate surface area is 125 Å². The summed E-state index contributed by atoms with van der Waals surface area (Å²) < 4.78 is 2.05. The van der Waals surface area contributed by atoms with Gasteiger partial charge >= 0.3 is 0 Å². The Hall–Kier alpha value is -1.46. The minimum absolute atomic E-state index is 0.0299. The van der Waals surface area contributed by atoms with Gasteiger partial charge in [-0.3, -0.25) is 9.30 Å². The van der Waals surface area contributed by atoms with Crippen molar-refractivity contribution in [3.63, 3.8) is 0 Å². The minimum Gasteiger partial charge on any atom is -0.396 e. The highest BCUT2D eigenvalue weighted by atomic mass is 16.3. The molecule has 3 rings (SSSR count). The molecule has 0 aliphatic carbocycles. The van der Waals surface area contributed by atoms with E-state index in [-0.39, 0.29) is 12.0 Å². The number of nitrogens with zero attached hydrogens (tertiary/aromatic N) is 4. The zero-order valence-corrected chi connectivity index (χ0v) is 13.1. The summed E-state index contributed by atoms with van der Waals surface area (Å²) >= 11 is 0. The lowest BCUT2D eigenvalue weighted by molar-refractivity contribution is 0.0424. The lowest BCUT2D eigenvalue weighted by Crippen LogP contribution is -2.43. The number of imidazole rings is 1. The molecule has 114 valence electrons. The lowest BCUT2D eigenvalue weighted by Gasteiger charge is -2.39. The van der Waals surface area contributed by atoms with Crippen LogP contribution in [0.2, 0.25) is 0 Å². The third-order valence-corrected chi connectivity index (χ3v) is 4.44. The highest BCUT2D eigenvalue weighted by molar-refractivity contribution is 5.34. The molecule has 1 saturated heterocycles. The first-order valence-corrected chi connectivity index (χ1v) is 7.64. The molecule has 2 aromatic rings. The molecule has 1 N–H and O–H groups in total. The SMILES string of the molecule is Cc1cc(C)n2cc(CN3CCCC(C)(CO)C3)nc2n1. The number of aliphatic hydroxyl groups excluding tert-OH is 1. The first-order chi connectivity index (χ1) is 9.99. The second-order valence-corrected chi connectivity index (χ2v) is 6.72. The van der Waals surface area contributed by atoms with Crippen LogP contribution in [0.15, 0.2) is 12.3 Å². The summed E-state index contributed by atoms with van der Waals surface area (Å²) in [6, 6.07) is 2.07. The largest absolute Gasteiger partial charge is 0.396 e. The summed E-state index contributed by atoms with van der Waals surface area (Å²) in [6.07, 6.45) is 4.33. The van der Waals surface area contributed by atoms with Crippen molar-refractivity contribution in [2.75, 3.05) is 19.7 Å². The van der Waals surface area contributed by atoms with Gasteiger partial charge in [-0.05, 0) is 39.3 Å². The molecule has 0 aromatic carbocycles. The summed E-state index contributed by atoms with van der Waals surface area (Å²) in [5, 5.41) is 9.56. The zero-order chi connectivity index (χ0) is 15.0. The van der Waals surface area contributed by atoms with Crippen LogP contribution < -0.4 is 0 Å². The van der Waals surface area contributed by atoms with Gasteiger partial charge in [-0.2, -0.15) is 0 Å². The number of fused-ring (bicyclic) bond motifs is 1. The molecule has 3 heterocycles. The molecular formula is C16H24N4O. The highest BCUT2D eigenvalue weighted by Gasteiger charge is 2.30. The van der Waals surface area contributed by atoms with E-state index < -0.39 is 0 Å². The predicted molar refractivity (Wildman–Crippen MR) is 82.2 cm³/mol. The van der Waals surface area contributed by atoms with Crippen molar-refractivity contribution in [1.29, 1.82) is 0 Å². The van der Waals surface area contributed by atoms with Crippen LogP contribution in [0.4, 0.5) is 0 Å². The normalized spacial score (nSPS) is 23.8. The van der Waals surface area contributed by atoms with Crippen molar-refractivity contribution >= 4 is 5.78 Å². The zero-order valence-electron chi connectivity index (χ0n) is 13.1. The van der Waals surface area contributed by atoms with Crippen molar-refractivity contribution in [3.8, 4) is 0 Å². The third kappa shape index (κ3) is 2.94.